The molecule has 0 spiro atoms. The molecular weight excluding hydrogens is 509 g/mol. The van der Waals surface area contributed by atoms with E-state index in [4.69, 9.17) is 14.2 Å². The number of anilines is 1. The van der Waals surface area contributed by atoms with Gasteiger partial charge in [-0.15, -0.1) is 0 Å². The van der Waals surface area contributed by atoms with Gasteiger partial charge < -0.3 is 29.4 Å². The molecule has 2 aromatic rings. The number of morpholine rings is 1. The topological polar surface area (TPSA) is 59.9 Å². The molecule has 1 saturated carbocycles. The van der Waals surface area contributed by atoms with Crippen molar-refractivity contribution >= 4 is 16.6 Å². The molecule has 3 heterocycles. The van der Waals surface area contributed by atoms with Crippen molar-refractivity contribution in [1.82, 2.24) is 14.8 Å². The molecule has 3 aliphatic rings. The Morgan fingerprint density at radius 2 is 1.85 bits per heavy atom. The first-order chi connectivity index (χ1) is 18.9. The number of nitrogens with zero attached hydrogens (tertiary/aromatic N) is 2. The molecule has 0 radical (unpaired) electrons. The summed E-state index contributed by atoms with van der Waals surface area (Å²) in [4.78, 5) is 2.54. The van der Waals surface area contributed by atoms with E-state index in [-0.39, 0.29) is 12.1 Å². The lowest BCUT2D eigenvalue weighted by molar-refractivity contribution is -0.140. The van der Waals surface area contributed by atoms with Gasteiger partial charge in [0.05, 0.1) is 43.7 Å². The Bertz CT molecular complexity index is 1140. The molecular formula is C29H39F3N4O3. The number of rotatable bonds is 7. The number of ether oxygens (including phenoxy) is 3. The normalized spacial score (nSPS) is 26.8. The third-order valence-corrected chi connectivity index (χ3v) is 8.18. The first kappa shape index (κ1) is 28.2. The number of benzene rings is 1. The summed E-state index contributed by atoms with van der Waals surface area (Å²) >= 11 is 0. The lowest BCUT2D eigenvalue weighted by atomic mass is 9.89. The van der Waals surface area contributed by atoms with E-state index < -0.39 is 12.7 Å². The summed E-state index contributed by atoms with van der Waals surface area (Å²) in [7, 11) is 1.65. The molecule has 39 heavy (non-hydrogen) atoms. The largest absolute Gasteiger partial charge is 0.406 e. The monoisotopic (exact) mass is 548 g/mol. The number of alkyl halides is 3. The fraction of sp³-hybridized carbons (Fsp3) is 0.655. The lowest BCUT2D eigenvalue weighted by Crippen LogP contribution is -2.47. The number of nitrogens with one attached hydrogen (secondary N) is 2. The predicted molar refractivity (Wildman–Crippen MR) is 145 cm³/mol. The van der Waals surface area contributed by atoms with Gasteiger partial charge >= 0.3 is 6.18 Å². The van der Waals surface area contributed by atoms with E-state index in [0.717, 1.165) is 69.5 Å². The molecule has 0 bridgehead atoms. The maximum Gasteiger partial charge on any atom is 0.406 e. The molecule has 1 aromatic carbocycles. The highest BCUT2D eigenvalue weighted by Gasteiger charge is 2.31. The minimum absolute atomic E-state index is 0.0604. The molecule has 2 N–H and O–H groups in total. The molecule has 7 nitrogen and oxygen atoms in total. The number of hydrogen-bond acceptors (Lipinski definition) is 6. The Balaban J connectivity index is 1.29. The average Bonchev–Trinajstić information content (AvgIpc) is 3.29. The molecule has 1 aliphatic carbocycles. The standard InChI is InChI=1S/C29H39F3N4O3/c1-37-28-19-39-15-11-26(28)33-12-3-4-23-18-24-25(5-2-6-27(24)36(23)20-29(30,31)32)34-21-7-9-22(10-8-21)35-13-16-38-17-14-35/h2,5-6,18,21-22,26,28,33-34H,7-17,19-20H2,1H3/t21?,22?,26-,28-/m1/s1. The lowest BCUT2D eigenvalue weighted by Gasteiger charge is -2.39. The number of fused-ring (bicyclic) bond motifs is 1. The molecule has 10 heteroatoms. The van der Waals surface area contributed by atoms with E-state index in [2.05, 4.69) is 27.4 Å². The van der Waals surface area contributed by atoms with E-state index in [1.807, 2.05) is 12.1 Å². The molecule has 214 valence electrons. The van der Waals surface area contributed by atoms with Crippen molar-refractivity contribution < 1.29 is 27.4 Å². The molecule has 1 aromatic heterocycles. The Morgan fingerprint density at radius 3 is 2.59 bits per heavy atom. The Morgan fingerprint density at radius 1 is 1.05 bits per heavy atom. The van der Waals surface area contributed by atoms with Crippen LogP contribution in [-0.4, -0.2) is 93.0 Å². The summed E-state index contributed by atoms with van der Waals surface area (Å²) in [6.07, 6.45) is 0.694. The van der Waals surface area contributed by atoms with Crippen LogP contribution in [0.3, 0.4) is 0 Å². The van der Waals surface area contributed by atoms with Gasteiger partial charge in [0.15, 0.2) is 0 Å². The SMILES string of the molecule is CO[C@@H]1COCC[C@H]1NCC#Cc1cc2c(NC3CCC(N4CCOCC4)CC3)cccc2n1CC(F)(F)F. The molecule has 2 atom stereocenters. The van der Waals surface area contributed by atoms with E-state index in [1.54, 1.807) is 19.2 Å². The fourth-order valence-corrected chi connectivity index (χ4v) is 6.11. The third kappa shape index (κ3) is 7.27. The minimum atomic E-state index is -4.35. The summed E-state index contributed by atoms with van der Waals surface area (Å²) in [5, 5.41) is 7.78. The zero-order valence-electron chi connectivity index (χ0n) is 22.6. The summed E-state index contributed by atoms with van der Waals surface area (Å²) in [6.45, 7) is 4.05. The quantitative estimate of drug-likeness (QED) is 0.511. The summed E-state index contributed by atoms with van der Waals surface area (Å²) in [5.41, 5.74) is 1.78. The Hall–Kier alpha value is -2.29. The van der Waals surface area contributed by atoms with E-state index in [1.165, 1.54) is 4.57 Å². The third-order valence-electron chi connectivity index (χ3n) is 8.18. The fourth-order valence-electron chi connectivity index (χ4n) is 6.11. The van der Waals surface area contributed by atoms with Crippen LogP contribution in [-0.2, 0) is 20.8 Å². The van der Waals surface area contributed by atoms with Crippen molar-refractivity contribution in [3.63, 3.8) is 0 Å². The molecule has 0 unspecified atom stereocenters. The van der Waals surface area contributed by atoms with Crippen LogP contribution in [0, 0.1) is 11.8 Å². The molecule has 0 amide bonds. The molecule has 2 aliphatic heterocycles. The smallest absolute Gasteiger partial charge is 0.382 e. The van der Waals surface area contributed by atoms with Crippen molar-refractivity contribution in [2.75, 3.05) is 58.5 Å². The van der Waals surface area contributed by atoms with E-state index in [0.29, 0.717) is 43.1 Å². The van der Waals surface area contributed by atoms with Crippen LogP contribution in [0.25, 0.3) is 10.9 Å². The van der Waals surface area contributed by atoms with Crippen molar-refractivity contribution in [1.29, 1.82) is 0 Å². The number of methoxy groups -OCH3 is 1. The second kappa shape index (κ2) is 12.9. The van der Waals surface area contributed by atoms with Gasteiger partial charge in [0.2, 0.25) is 0 Å². The van der Waals surface area contributed by atoms with Crippen molar-refractivity contribution in [3.8, 4) is 11.8 Å². The summed E-state index contributed by atoms with van der Waals surface area (Å²) in [6, 6.07) is 8.32. The van der Waals surface area contributed by atoms with Gasteiger partial charge in [-0.25, -0.2) is 0 Å². The highest BCUT2D eigenvalue weighted by molar-refractivity contribution is 5.94. The van der Waals surface area contributed by atoms with Crippen LogP contribution < -0.4 is 10.6 Å². The maximum atomic E-state index is 13.6. The second-order valence-electron chi connectivity index (χ2n) is 10.7. The van der Waals surface area contributed by atoms with Crippen LogP contribution in [0.1, 0.15) is 37.8 Å². The van der Waals surface area contributed by atoms with Gasteiger partial charge in [0.25, 0.3) is 0 Å². The molecule has 2 saturated heterocycles. The zero-order chi connectivity index (χ0) is 27.2. The first-order valence-corrected chi connectivity index (χ1v) is 14.0. The zero-order valence-corrected chi connectivity index (χ0v) is 22.6. The van der Waals surface area contributed by atoms with Crippen LogP contribution >= 0.6 is 0 Å². The highest BCUT2D eigenvalue weighted by atomic mass is 19.4. The Kier molecular flexibility index (Phi) is 9.36. The van der Waals surface area contributed by atoms with Crippen LogP contribution in [0.2, 0.25) is 0 Å². The average molecular weight is 549 g/mol. The second-order valence-corrected chi connectivity index (χ2v) is 10.7. The van der Waals surface area contributed by atoms with Gasteiger partial charge in [-0.1, -0.05) is 12.0 Å². The van der Waals surface area contributed by atoms with Crippen LogP contribution in [0.5, 0.6) is 0 Å². The highest BCUT2D eigenvalue weighted by Crippen LogP contribution is 2.33. The molecule has 5 rings (SSSR count). The predicted octanol–water partition coefficient (Wildman–Crippen LogP) is 4.00. The summed E-state index contributed by atoms with van der Waals surface area (Å²) in [5.74, 6) is 6.04. The van der Waals surface area contributed by atoms with Gasteiger partial charge in [0, 0.05) is 56.0 Å². The maximum absolute atomic E-state index is 13.6. The van der Waals surface area contributed by atoms with Crippen LogP contribution in [0.4, 0.5) is 18.9 Å². The first-order valence-electron chi connectivity index (χ1n) is 14.0. The van der Waals surface area contributed by atoms with Gasteiger partial charge in [-0.2, -0.15) is 13.2 Å². The van der Waals surface area contributed by atoms with Crippen LogP contribution in [0.15, 0.2) is 24.3 Å². The number of halogens is 3. The number of hydrogen-bond donors (Lipinski definition) is 2. The van der Waals surface area contributed by atoms with Crippen molar-refractivity contribution in [2.24, 2.45) is 0 Å². The van der Waals surface area contributed by atoms with E-state index >= 15 is 0 Å². The summed E-state index contributed by atoms with van der Waals surface area (Å²) < 4.78 is 58.4. The van der Waals surface area contributed by atoms with Crippen molar-refractivity contribution in [3.05, 3.63) is 30.0 Å². The van der Waals surface area contributed by atoms with E-state index in [9.17, 15) is 13.2 Å². The minimum Gasteiger partial charge on any atom is -0.382 e. The number of aromatic nitrogens is 1. The van der Waals surface area contributed by atoms with Gasteiger partial charge in [0.1, 0.15) is 6.54 Å². The molecule has 3 fully saturated rings. The van der Waals surface area contributed by atoms with Gasteiger partial charge in [-0.05, 0) is 56.2 Å². The van der Waals surface area contributed by atoms with Crippen molar-refractivity contribution in [2.45, 2.75) is 69.1 Å². The van der Waals surface area contributed by atoms with Gasteiger partial charge in [-0.3, -0.25) is 4.90 Å². The Labute approximate surface area is 228 Å².